The van der Waals surface area contributed by atoms with Crippen LogP contribution in [-0.2, 0) is 11.3 Å². The molecule has 0 saturated carbocycles. The van der Waals surface area contributed by atoms with Gasteiger partial charge in [-0.25, -0.2) is 0 Å². The second kappa shape index (κ2) is 6.24. The highest BCUT2D eigenvalue weighted by molar-refractivity contribution is 5.83. The lowest BCUT2D eigenvalue weighted by Crippen LogP contribution is -2.29. The monoisotopic (exact) mass is 262 g/mol. The summed E-state index contributed by atoms with van der Waals surface area (Å²) in [6.45, 7) is 3.44. The van der Waals surface area contributed by atoms with Gasteiger partial charge in [-0.15, -0.1) is 0 Å². The quantitative estimate of drug-likeness (QED) is 0.777. The molecule has 5 heteroatoms. The van der Waals surface area contributed by atoms with E-state index in [-0.39, 0.29) is 5.91 Å². The predicted molar refractivity (Wildman–Crippen MR) is 73.2 cm³/mol. The zero-order chi connectivity index (χ0) is 13.7. The minimum Gasteiger partial charge on any atom is -0.493 e. The first-order valence-electron chi connectivity index (χ1n) is 6.21. The Morgan fingerprint density at radius 3 is 2.95 bits per heavy atom. The zero-order valence-corrected chi connectivity index (χ0v) is 11.2. The standard InChI is InChI=1S/C14H18N2O3/c1-10(17)16-7-6-15-9-12-8-11-4-3-5-13(18-2)14(11)19-12/h3-5,8,15H,6-7,9H2,1-2H3,(H,16,17). The molecule has 2 N–H and O–H groups in total. The summed E-state index contributed by atoms with van der Waals surface area (Å²) in [6, 6.07) is 7.79. The first kappa shape index (κ1) is 13.4. The van der Waals surface area contributed by atoms with Crippen molar-refractivity contribution < 1.29 is 13.9 Å². The number of carbonyl (C=O) groups is 1. The van der Waals surface area contributed by atoms with Crippen LogP contribution >= 0.6 is 0 Å². The highest BCUT2D eigenvalue weighted by atomic mass is 16.5. The van der Waals surface area contributed by atoms with Crippen LogP contribution in [-0.4, -0.2) is 26.1 Å². The first-order valence-corrected chi connectivity index (χ1v) is 6.21. The van der Waals surface area contributed by atoms with E-state index in [2.05, 4.69) is 10.6 Å². The van der Waals surface area contributed by atoms with Crippen molar-refractivity contribution in [2.45, 2.75) is 13.5 Å². The maximum atomic E-state index is 10.7. The molecule has 0 aliphatic rings. The van der Waals surface area contributed by atoms with Crippen LogP contribution in [0.15, 0.2) is 28.7 Å². The number of fused-ring (bicyclic) bond motifs is 1. The van der Waals surface area contributed by atoms with Crippen molar-refractivity contribution in [3.8, 4) is 5.75 Å². The molecule has 0 saturated heterocycles. The SMILES string of the molecule is COc1cccc2cc(CNCCNC(C)=O)oc12. The number of benzene rings is 1. The van der Waals surface area contributed by atoms with Crippen molar-refractivity contribution >= 4 is 16.9 Å². The van der Waals surface area contributed by atoms with Crippen LogP contribution in [0.25, 0.3) is 11.0 Å². The molecule has 1 aromatic carbocycles. The number of rotatable bonds is 6. The van der Waals surface area contributed by atoms with Gasteiger partial charge in [-0.2, -0.15) is 0 Å². The molecule has 1 amide bonds. The maximum Gasteiger partial charge on any atom is 0.216 e. The van der Waals surface area contributed by atoms with Crippen molar-refractivity contribution in [1.82, 2.24) is 10.6 Å². The molecule has 0 unspecified atom stereocenters. The molecule has 2 rings (SSSR count). The molecule has 0 radical (unpaired) electrons. The lowest BCUT2D eigenvalue weighted by atomic mass is 10.2. The molecule has 0 atom stereocenters. The van der Waals surface area contributed by atoms with Crippen molar-refractivity contribution in [3.05, 3.63) is 30.0 Å². The summed E-state index contributed by atoms with van der Waals surface area (Å²) < 4.78 is 11.0. The van der Waals surface area contributed by atoms with E-state index in [9.17, 15) is 4.79 Å². The topological polar surface area (TPSA) is 63.5 Å². The molecule has 5 nitrogen and oxygen atoms in total. The number of furan rings is 1. The Morgan fingerprint density at radius 2 is 2.21 bits per heavy atom. The number of carbonyl (C=O) groups excluding carboxylic acids is 1. The lowest BCUT2D eigenvalue weighted by Gasteiger charge is -2.03. The van der Waals surface area contributed by atoms with E-state index >= 15 is 0 Å². The number of para-hydroxylation sites is 1. The van der Waals surface area contributed by atoms with E-state index in [1.54, 1.807) is 7.11 Å². The van der Waals surface area contributed by atoms with Gasteiger partial charge in [0.25, 0.3) is 0 Å². The van der Waals surface area contributed by atoms with Gasteiger partial charge in [0.2, 0.25) is 5.91 Å². The lowest BCUT2D eigenvalue weighted by molar-refractivity contribution is -0.118. The predicted octanol–water partition coefficient (Wildman–Crippen LogP) is 1.67. The Kier molecular flexibility index (Phi) is 4.41. The first-order chi connectivity index (χ1) is 9.20. The summed E-state index contributed by atoms with van der Waals surface area (Å²) in [4.78, 5) is 10.7. The third-order valence-corrected chi connectivity index (χ3v) is 2.75. The number of hydrogen-bond acceptors (Lipinski definition) is 4. The average molecular weight is 262 g/mol. The van der Waals surface area contributed by atoms with Crippen LogP contribution in [0.1, 0.15) is 12.7 Å². The van der Waals surface area contributed by atoms with Crippen LogP contribution in [0.3, 0.4) is 0 Å². The van der Waals surface area contributed by atoms with Gasteiger partial charge >= 0.3 is 0 Å². The van der Waals surface area contributed by atoms with Gasteiger partial charge in [-0.3, -0.25) is 4.79 Å². The van der Waals surface area contributed by atoms with Gasteiger partial charge in [0, 0.05) is 25.4 Å². The fourth-order valence-corrected chi connectivity index (χ4v) is 1.88. The Labute approximate surface area is 111 Å². The van der Waals surface area contributed by atoms with E-state index in [4.69, 9.17) is 9.15 Å². The summed E-state index contributed by atoms with van der Waals surface area (Å²) in [7, 11) is 1.63. The third kappa shape index (κ3) is 3.48. The zero-order valence-electron chi connectivity index (χ0n) is 11.2. The van der Waals surface area contributed by atoms with Crippen LogP contribution in [0, 0.1) is 0 Å². The number of nitrogens with one attached hydrogen (secondary N) is 2. The molecule has 1 heterocycles. The number of amides is 1. The summed E-state index contributed by atoms with van der Waals surface area (Å²) in [5.74, 6) is 1.57. The van der Waals surface area contributed by atoms with Crippen LogP contribution in [0.5, 0.6) is 5.75 Å². The number of methoxy groups -OCH3 is 1. The van der Waals surface area contributed by atoms with Crippen LogP contribution in [0.2, 0.25) is 0 Å². The molecule has 0 aliphatic heterocycles. The molecule has 0 bridgehead atoms. The van der Waals surface area contributed by atoms with Crippen LogP contribution in [0.4, 0.5) is 0 Å². The molecule has 0 spiro atoms. The van der Waals surface area contributed by atoms with Gasteiger partial charge in [0.05, 0.1) is 13.7 Å². The van der Waals surface area contributed by atoms with Gasteiger partial charge in [-0.1, -0.05) is 12.1 Å². The summed E-state index contributed by atoms with van der Waals surface area (Å²) >= 11 is 0. The van der Waals surface area contributed by atoms with E-state index in [1.807, 2.05) is 24.3 Å². The Balaban J connectivity index is 1.92. The second-order valence-electron chi connectivity index (χ2n) is 4.25. The molecule has 102 valence electrons. The molecule has 19 heavy (non-hydrogen) atoms. The van der Waals surface area contributed by atoms with E-state index in [0.717, 1.165) is 22.5 Å². The van der Waals surface area contributed by atoms with E-state index < -0.39 is 0 Å². The van der Waals surface area contributed by atoms with Crippen molar-refractivity contribution in [2.24, 2.45) is 0 Å². The number of ether oxygens (including phenoxy) is 1. The summed E-state index contributed by atoms with van der Waals surface area (Å²) in [6.07, 6.45) is 0. The minimum absolute atomic E-state index is 0.0183. The molecular weight excluding hydrogens is 244 g/mol. The average Bonchev–Trinajstić information content (AvgIpc) is 2.80. The highest BCUT2D eigenvalue weighted by Crippen LogP contribution is 2.28. The fraction of sp³-hybridized carbons (Fsp3) is 0.357. The molecule has 2 aromatic rings. The van der Waals surface area contributed by atoms with Crippen molar-refractivity contribution in [2.75, 3.05) is 20.2 Å². The van der Waals surface area contributed by atoms with Gasteiger partial charge in [-0.05, 0) is 12.1 Å². The van der Waals surface area contributed by atoms with E-state index in [1.165, 1.54) is 6.92 Å². The van der Waals surface area contributed by atoms with Gasteiger partial charge in [0.15, 0.2) is 11.3 Å². The number of hydrogen-bond donors (Lipinski definition) is 2. The third-order valence-electron chi connectivity index (χ3n) is 2.75. The second-order valence-corrected chi connectivity index (χ2v) is 4.25. The molecule has 0 fully saturated rings. The summed E-state index contributed by atoms with van der Waals surface area (Å²) in [5.41, 5.74) is 0.767. The smallest absolute Gasteiger partial charge is 0.216 e. The van der Waals surface area contributed by atoms with Crippen molar-refractivity contribution in [3.63, 3.8) is 0 Å². The maximum absolute atomic E-state index is 10.7. The normalized spacial score (nSPS) is 10.6. The minimum atomic E-state index is -0.0183. The molecule has 0 aliphatic carbocycles. The molecular formula is C14H18N2O3. The highest BCUT2D eigenvalue weighted by Gasteiger charge is 2.07. The van der Waals surface area contributed by atoms with Crippen LogP contribution < -0.4 is 15.4 Å². The fourth-order valence-electron chi connectivity index (χ4n) is 1.88. The molecule has 1 aromatic heterocycles. The largest absolute Gasteiger partial charge is 0.493 e. The van der Waals surface area contributed by atoms with Gasteiger partial charge in [0.1, 0.15) is 5.76 Å². The van der Waals surface area contributed by atoms with Crippen molar-refractivity contribution in [1.29, 1.82) is 0 Å². The summed E-state index contributed by atoms with van der Waals surface area (Å²) in [5, 5.41) is 6.96. The Morgan fingerprint density at radius 1 is 1.37 bits per heavy atom. The van der Waals surface area contributed by atoms with Gasteiger partial charge < -0.3 is 19.8 Å². The Bertz CT molecular complexity index is 563. The van der Waals surface area contributed by atoms with E-state index in [0.29, 0.717) is 19.6 Å². The Hall–Kier alpha value is -2.01.